The Balaban J connectivity index is 0.00000220. The molecular weight excluding hydrogens is 308 g/mol. The maximum Gasteiger partial charge on any atom is 0.251 e. The minimum atomic E-state index is -0.892. The molecule has 118 valence electrons. The topological polar surface area (TPSA) is 58.2 Å². The summed E-state index contributed by atoms with van der Waals surface area (Å²) < 4.78 is 11.3. The van der Waals surface area contributed by atoms with E-state index < -0.39 is 10.8 Å². The molecule has 0 aromatic heterocycles. The standard InChI is InChI=1S/C15H22N2O2S.ClH/c1-11-14(7-4-8-16-11)17-15(18)13-6-3-5-12(9-13)10-20(2)19;/h3,5-6,9,11,14,16H,4,7-8,10H2,1-2H3,(H,17,18);1H. The van der Waals surface area contributed by atoms with Crippen molar-refractivity contribution in [2.24, 2.45) is 0 Å². The van der Waals surface area contributed by atoms with Gasteiger partial charge in [0.15, 0.2) is 0 Å². The van der Waals surface area contributed by atoms with E-state index in [1.165, 1.54) is 0 Å². The minimum absolute atomic E-state index is 0. The van der Waals surface area contributed by atoms with Crippen molar-refractivity contribution < 1.29 is 9.00 Å². The summed E-state index contributed by atoms with van der Waals surface area (Å²) in [6.07, 6.45) is 3.77. The van der Waals surface area contributed by atoms with E-state index in [9.17, 15) is 9.00 Å². The van der Waals surface area contributed by atoms with Crippen molar-refractivity contribution >= 4 is 29.1 Å². The van der Waals surface area contributed by atoms with Crippen molar-refractivity contribution in [1.29, 1.82) is 0 Å². The van der Waals surface area contributed by atoms with Crippen LogP contribution in [0.4, 0.5) is 0 Å². The van der Waals surface area contributed by atoms with Crippen molar-refractivity contribution in [2.45, 2.75) is 37.6 Å². The fourth-order valence-electron chi connectivity index (χ4n) is 2.53. The van der Waals surface area contributed by atoms with Gasteiger partial charge in [-0.15, -0.1) is 12.4 Å². The van der Waals surface area contributed by atoms with Crippen LogP contribution in [0.15, 0.2) is 24.3 Å². The lowest BCUT2D eigenvalue weighted by atomic mass is 9.99. The number of carbonyl (C=O) groups is 1. The summed E-state index contributed by atoms with van der Waals surface area (Å²) >= 11 is 0. The van der Waals surface area contributed by atoms with Crippen LogP contribution in [0.5, 0.6) is 0 Å². The molecule has 0 aliphatic carbocycles. The zero-order valence-electron chi connectivity index (χ0n) is 12.4. The molecule has 6 heteroatoms. The van der Waals surface area contributed by atoms with Crippen LogP contribution in [-0.4, -0.2) is 35.0 Å². The highest BCUT2D eigenvalue weighted by atomic mass is 35.5. The number of hydrogen-bond acceptors (Lipinski definition) is 3. The van der Waals surface area contributed by atoms with Crippen molar-refractivity contribution in [1.82, 2.24) is 10.6 Å². The van der Waals surface area contributed by atoms with Crippen LogP contribution in [0, 0.1) is 0 Å². The molecule has 0 radical (unpaired) electrons. The van der Waals surface area contributed by atoms with Gasteiger partial charge in [-0.3, -0.25) is 9.00 Å². The van der Waals surface area contributed by atoms with Crippen molar-refractivity contribution in [3.63, 3.8) is 0 Å². The Kier molecular flexibility index (Phi) is 7.35. The van der Waals surface area contributed by atoms with Gasteiger partial charge in [0.25, 0.3) is 5.91 Å². The molecule has 0 saturated carbocycles. The van der Waals surface area contributed by atoms with E-state index in [1.807, 2.05) is 18.2 Å². The summed E-state index contributed by atoms with van der Waals surface area (Å²) in [7, 11) is -0.892. The van der Waals surface area contributed by atoms with Gasteiger partial charge in [0, 0.05) is 40.5 Å². The second kappa shape index (κ2) is 8.51. The normalized spacial score (nSPS) is 23.0. The minimum Gasteiger partial charge on any atom is -0.348 e. The molecule has 1 aliphatic heterocycles. The predicted octanol–water partition coefficient (Wildman–Crippen LogP) is 1.86. The van der Waals surface area contributed by atoms with Crippen LogP contribution in [0.1, 0.15) is 35.7 Å². The molecule has 21 heavy (non-hydrogen) atoms. The molecule has 3 atom stereocenters. The Morgan fingerprint density at radius 2 is 2.24 bits per heavy atom. The Bertz CT molecular complexity index is 510. The highest BCUT2D eigenvalue weighted by Gasteiger charge is 2.22. The van der Waals surface area contributed by atoms with Crippen LogP contribution in [0.25, 0.3) is 0 Å². The maximum absolute atomic E-state index is 12.3. The molecule has 0 spiro atoms. The van der Waals surface area contributed by atoms with E-state index in [0.29, 0.717) is 17.4 Å². The Hall–Kier alpha value is -0.910. The molecule has 2 N–H and O–H groups in total. The molecule has 1 aromatic rings. The molecule has 1 heterocycles. The summed E-state index contributed by atoms with van der Waals surface area (Å²) in [5.41, 5.74) is 1.58. The van der Waals surface area contributed by atoms with E-state index in [-0.39, 0.29) is 24.4 Å². The second-order valence-corrected chi connectivity index (χ2v) is 6.82. The average Bonchev–Trinajstić information content (AvgIpc) is 2.41. The first-order valence-electron chi connectivity index (χ1n) is 6.99. The number of halogens is 1. The van der Waals surface area contributed by atoms with Gasteiger partial charge in [-0.25, -0.2) is 0 Å². The summed E-state index contributed by atoms with van der Waals surface area (Å²) in [6, 6.07) is 7.87. The van der Waals surface area contributed by atoms with Crippen LogP contribution in [0.2, 0.25) is 0 Å². The van der Waals surface area contributed by atoms with Gasteiger partial charge in [-0.05, 0) is 44.0 Å². The third-order valence-electron chi connectivity index (χ3n) is 3.64. The summed E-state index contributed by atoms with van der Waals surface area (Å²) in [6.45, 7) is 3.12. The third kappa shape index (κ3) is 5.41. The zero-order chi connectivity index (χ0) is 14.5. The first kappa shape index (κ1) is 18.1. The van der Waals surface area contributed by atoms with E-state index in [0.717, 1.165) is 24.9 Å². The molecular formula is C15H23ClN2O2S. The summed E-state index contributed by atoms with van der Waals surface area (Å²) in [5.74, 6) is 0.442. The fourth-order valence-corrected chi connectivity index (χ4v) is 3.18. The molecule has 0 bridgehead atoms. The molecule has 4 nitrogen and oxygen atoms in total. The lowest BCUT2D eigenvalue weighted by Crippen LogP contribution is -2.51. The van der Waals surface area contributed by atoms with Crippen LogP contribution in [-0.2, 0) is 16.6 Å². The van der Waals surface area contributed by atoms with Gasteiger partial charge in [-0.2, -0.15) is 0 Å². The van der Waals surface area contributed by atoms with Gasteiger partial charge >= 0.3 is 0 Å². The Morgan fingerprint density at radius 3 is 2.90 bits per heavy atom. The Labute approximate surface area is 134 Å². The monoisotopic (exact) mass is 330 g/mol. The maximum atomic E-state index is 12.3. The van der Waals surface area contributed by atoms with Gasteiger partial charge < -0.3 is 10.6 Å². The van der Waals surface area contributed by atoms with Gasteiger partial charge in [0.2, 0.25) is 0 Å². The first-order valence-corrected chi connectivity index (χ1v) is 8.72. The summed E-state index contributed by atoms with van der Waals surface area (Å²) in [5, 5.41) is 6.46. The van der Waals surface area contributed by atoms with Crippen molar-refractivity contribution in [2.75, 3.05) is 12.8 Å². The molecule has 1 aliphatic rings. The number of rotatable bonds is 4. The van der Waals surface area contributed by atoms with E-state index in [4.69, 9.17) is 0 Å². The van der Waals surface area contributed by atoms with Crippen molar-refractivity contribution in [3.05, 3.63) is 35.4 Å². The SMILES string of the molecule is CC1NCCCC1NC(=O)c1cccc(CS(C)=O)c1.Cl. The predicted molar refractivity (Wildman–Crippen MR) is 89.4 cm³/mol. The number of carbonyl (C=O) groups excluding carboxylic acids is 1. The average molecular weight is 331 g/mol. The largest absolute Gasteiger partial charge is 0.348 e. The molecule has 1 aromatic carbocycles. The fraction of sp³-hybridized carbons (Fsp3) is 0.533. The van der Waals surface area contributed by atoms with Crippen LogP contribution in [0.3, 0.4) is 0 Å². The number of benzene rings is 1. The smallest absolute Gasteiger partial charge is 0.251 e. The first-order chi connectivity index (χ1) is 9.56. The second-order valence-electron chi connectivity index (χ2n) is 5.38. The summed E-state index contributed by atoms with van der Waals surface area (Å²) in [4.78, 5) is 12.3. The van der Waals surface area contributed by atoms with Crippen LogP contribution < -0.4 is 10.6 Å². The highest BCUT2D eigenvalue weighted by molar-refractivity contribution is 7.83. The van der Waals surface area contributed by atoms with Gasteiger partial charge in [0.05, 0.1) is 0 Å². The number of piperidine rings is 1. The van der Waals surface area contributed by atoms with E-state index in [2.05, 4.69) is 17.6 Å². The Morgan fingerprint density at radius 1 is 1.48 bits per heavy atom. The quantitative estimate of drug-likeness (QED) is 0.886. The number of nitrogens with one attached hydrogen (secondary N) is 2. The highest BCUT2D eigenvalue weighted by Crippen LogP contribution is 2.11. The molecule has 2 rings (SSSR count). The lowest BCUT2D eigenvalue weighted by molar-refractivity contribution is 0.0919. The van der Waals surface area contributed by atoms with E-state index in [1.54, 1.807) is 12.3 Å². The number of amides is 1. The van der Waals surface area contributed by atoms with E-state index >= 15 is 0 Å². The third-order valence-corrected chi connectivity index (χ3v) is 4.38. The number of hydrogen-bond donors (Lipinski definition) is 2. The molecule has 3 unspecified atom stereocenters. The van der Waals surface area contributed by atoms with Crippen molar-refractivity contribution in [3.8, 4) is 0 Å². The van der Waals surface area contributed by atoms with Crippen LogP contribution >= 0.6 is 12.4 Å². The van der Waals surface area contributed by atoms with Gasteiger partial charge in [0.1, 0.15) is 0 Å². The lowest BCUT2D eigenvalue weighted by Gasteiger charge is -2.30. The van der Waals surface area contributed by atoms with Gasteiger partial charge in [-0.1, -0.05) is 12.1 Å². The molecule has 1 amide bonds. The molecule has 1 fully saturated rings. The zero-order valence-corrected chi connectivity index (χ0v) is 14.1. The molecule has 1 saturated heterocycles.